The average molecular weight is 406 g/mol. The molecule has 2 aromatic rings. The van der Waals surface area contributed by atoms with E-state index < -0.39 is 16.7 Å². The lowest BCUT2D eigenvalue weighted by molar-refractivity contribution is -0.384. The van der Waals surface area contributed by atoms with E-state index in [0.29, 0.717) is 11.4 Å². The van der Waals surface area contributed by atoms with Crippen molar-refractivity contribution in [3.63, 3.8) is 0 Å². The van der Waals surface area contributed by atoms with Gasteiger partial charge in [-0.3, -0.25) is 24.6 Å². The van der Waals surface area contributed by atoms with E-state index in [9.17, 15) is 19.7 Å². The maximum absolute atomic E-state index is 12.2. The Bertz CT molecular complexity index is 853. The minimum atomic E-state index is -0.570. The Hall–Kier alpha value is -2.94. The second-order valence-electron chi connectivity index (χ2n) is 5.23. The number of amides is 2. The lowest BCUT2D eigenvalue weighted by atomic mass is 10.2. The number of nitro benzene ring substituents is 1. The number of carbonyl (C=O) groups excluding carboxylic acids is 2. The fourth-order valence-corrected chi connectivity index (χ4v) is 2.62. The molecule has 1 N–H and O–H groups in total. The van der Waals surface area contributed by atoms with Crippen LogP contribution < -0.4 is 15.0 Å². The maximum atomic E-state index is 12.2. The van der Waals surface area contributed by atoms with Crippen LogP contribution >= 0.6 is 15.9 Å². The summed E-state index contributed by atoms with van der Waals surface area (Å²) < 4.78 is 6.13. The van der Waals surface area contributed by atoms with Crippen LogP contribution in [0.3, 0.4) is 0 Å². The van der Waals surface area contributed by atoms with Gasteiger partial charge in [-0.15, -0.1) is 0 Å². The first-order valence-corrected chi connectivity index (χ1v) is 8.00. The van der Waals surface area contributed by atoms with Crippen molar-refractivity contribution < 1.29 is 19.2 Å². The summed E-state index contributed by atoms with van der Waals surface area (Å²) in [6, 6.07) is 10.9. The zero-order valence-corrected chi connectivity index (χ0v) is 14.4. The van der Waals surface area contributed by atoms with Crippen molar-refractivity contribution in [3.05, 3.63) is 57.1 Å². The molecule has 0 atom stereocenters. The number of halogens is 1. The second kappa shape index (κ2) is 6.89. The van der Waals surface area contributed by atoms with E-state index in [1.807, 2.05) is 0 Å². The van der Waals surface area contributed by atoms with E-state index >= 15 is 0 Å². The molecule has 0 bridgehead atoms. The lowest BCUT2D eigenvalue weighted by Gasteiger charge is -2.28. The topological polar surface area (TPSA) is 102 Å². The molecule has 128 valence electrons. The molecule has 8 nitrogen and oxygen atoms in total. The normalized spacial score (nSPS) is 13.0. The second-order valence-corrected chi connectivity index (χ2v) is 6.15. The van der Waals surface area contributed by atoms with E-state index in [4.69, 9.17) is 4.74 Å². The first kappa shape index (κ1) is 16.9. The Labute approximate surface area is 150 Å². The van der Waals surface area contributed by atoms with Crippen LogP contribution in [0.25, 0.3) is 0 Å². The number of nitrogens with one attached hydrogen (secondary N) is 1. The van der Waals surface area contributed by atoms with Gasteiger partial charge in [-0.1, -0.05) is 15.9 Å². The van der Waals surface area contributed by atoms with E-state index in [1.165, 1.54) is 23.1 Å². The molecule has 9 heteroatoms. The fraction of sp³-hybridized carbons (Fsp3) is 0.125. The average Bonchev–Trinajstić information content (AvgIpc) is 2.59. The highest BCUT2D eigenvalue weighted by Crippen LogP contribution is 2.35. The number of nitro groups is 1. The van der Waals surface area contributed by atoms with Gasteiger partial charge in [-0.25, -0.2) is 0 Å². The van der Waals surface area contributed by atoms with Crippen molar-refractivity contribution in [2.24, 2.45) is 0 Å². The van der Waals surface area contributed by atoms with Gasteiger partial charge >= 0.3 is 0 Å². The zero-order chi connectivity index (χ0) is 18.0. The lowest BCUT2D eigenvalue weighted by Crippen LogP contribution is -2.43. The molecule has 25 heavy (non-hydrogen) atoms. The Morgan fingerprint density at radius 2 is 2.00 bits per heavy atom. The number of anilines is 2. The smallest absolute Gasteiger partial charge is 0.271 e. The fourth-order valence-electron chi connectivity index (χ4n) is 2.35. The van der Waals surface area contributed by atoms with Gasteiger partial charge in [0.25, 0.3) is 11.6 Å². The number of hydrogen-bond donors (Lipinski definition) is 1. The van der Waals surface area contributed by atoms with Gasteiger partial charge in [0.1, 0.15) is 12.3 Å². The summed E-state index contributed by atoms with van der Waals surface area (Å²) in [5.41, 5.74) is 0.597. The molecule has 0 aromatic heterocycles. The predicted molar refractivity (Wildman–Crippen MR) is 93.7 cm³/mol. The number of nitrogens with zero attached hydrogens (tertiary/aromatic N) is 2. The Balaban J connectivity index is 1.81. The summed E-state index contributed by atoms with van der Waals surface area (Å²) >= 11 is 3.30. The monoisotopic (exact) mass is 405 g/mol. The van der Waals surface area contributed by atoms with Crippen molar-refractivity contribution in [2.75, 3.05) is 23.4 Å². The number of rotatable bonds is 4. The Morgan fingerprint density at radius 1 is 1.28 bits per heavy atom. The molecule has 0 radical (unpaired) electrons. The SMILES string of the molecule is O=C(CN1C(=O)COc2ccc([N+](=O)[O-])cc21)Nc1ccc(Br)cc1. The number of ether oxygens (including phenoxy) is 1. The van der Waals surface area contributed by atoms with Crippen molar-refractivity contribution in [3.8, 4) is 5.75 Å². The van der Waals surface area contributed by atoms with E-state index in [2.05, 4.69) is 21.2 Å². The molecule has 0 aliphatic carbocycles. The third kappa shape index (κ3) is 3.77. The maximum Gasteiger partial charge on any atom is 0.271 e. The molecule has 0 saturated carbocycles. The molecule has 1 aliphatic heterocycles. The molecular weight excluding hydrogens is 394 g/mol. The summed E-state index contributed by atoms with van der Waals surface area (Å²) in [4.78, 5) is 35.9. The van der Waals surface area contributed by atoms with E-state index in [1.54, 1.807) is 24.3 Å². The quantitative estimate of drug-likeness (QED) is 0.622. The number of non-ortho nitro benzene ring substituents is 1. The molecule has 0 saturated heterocycles. The van der Waals surface area contributed by atoms with Crippen molar-refractivity contribution >= 4 is 44.8 Å². The predicted octanol–water partition coefficient (Wildman–Crippen LogP) is 2.72. The first-order valence-electron chi connectivity index (χ1n) is 7.21. The summed E-state index contributed by atoms with van der Waals surface area (Å²) in [5, 5.41) is 13.6. The van der Waals surface area contributed by atoms with Gasteiger partial charge in [-0.2, -0.15) is 0 Å². The van der Waals surface area contributed by atoms with Gasteiger partial charge in [0.15, 0.2) is 6.61 Å². The summed E-state index contributed by atoms with van der Waals surface area (Å²) in [6.45, 7) is -0.497. The highest BCUT2D eigenvalue weighted by molar-refractivity contribution is 9.10. The largest absolute Gasteiger partial charge is 0.482 e. The third-order valence-corrected chi connectivity index (χ3v) is 4.05. The number of carbonyl (C=O) groups is 2. The molecule has 1 heterocycles. The van der Waals surface area contributed by atoms with Gasteiger partial charge in [0.05, 0.1) is 10.6 Å². The van der Waals surface area contributed by atoms with E-state index in [-0.39, 0.29) is 24.5 Å². The van der Waals surface area contributed by atoms with E-state index in [0.717, 1.165) is 4.47 Å². The Morgan fingerprint density at radius 3 is 2.68 bits per heavy atom. The number of benzene rings is 2. The van der Waals surface area contributed by atoms with Gasteiger partial charge < -0.3 is 10.1 Å². The van der Waals surface area contributed by atoms with Crippen LogP contribution in [0.4, 0.5) is 17.1 Å². The molecule has 0 fully saturated rings. The standard InChI is InChI=1S/C16H12BrN3O5/c17-10-1-3-11(4-2-10)18-15(21)8-19-13-7-12(20(23)24)5-6-14(13)25-9-16(19)22/h1-7H,8-9H2,(H,18,21). The molecule has 2 aromatic carbocycles. The van der Waals surface area contributed by atoms with Gasteiger partial charge in [0, 0.05) is 22.3 Å². The summed E-state index contributed by atoms with van der Waals surface area (Å²) in [5.74, 6) is -0.546. The van der Waals surface area contributed by atoms with Crippen molar-refractivity contribution in [2.45, 2.75) is 0 Å². The minimum Gasteiger partial charge on any atom is -0.482 e. The molecule has 2 amide bonds. The van der Waals surface area contributed by atoms with Crippen molar-refractivity contribution in [1.29, 1.82) is 0 Å². The van der Waals surface area contributed by atoms with Crippen LogP contribution in [0.5, 0.6) is 5.75 Å². The summed E-state index contributed by atoms with van der Waals surface area (Å²) in [6.07, 6.45) is 0. The zero-order valence-electron chi connectivity index (χ0n) is 12.8. The van der Waals surface area contributed by atoms with Gasteiger partial charge in [-0.05, 0) is 30.3 Å². The van der Waals surface area contributed by atoms with Crippen LogP contribution in [0.1, 0.15) is 0 Å². The third-order valence-electron chi connectivity index (χ3n) is 3.53. The van der Waals surface area contributed by atoms with Crippen LogP contribution in [-0.4, -0.2) is 29.9 Å². The highest BCUT2D eigenvalue weighted by Gasteiger charge is 2.29. The summed E-state index contributed by atoms with van der Waals surface area (Å²) in [7, 11) is 0. The highest BCUT2D eigenvalue weighted by atomic mass is 79.9. The molecule has 3 rings (SSSR count). The van der Waals surface area contributed by atoms with Crippen molar-refractivity contribution in [1.82, 2.24) is 0 Å². The molecule has 0 unspecified atom stereocenters. The van der Waals surface area contributed by atoms with Crippen LogP contribution in [-0.2, 0) is 9.59 Å². The molecule has 1 aliphatic rings. The molecule has 0 spiro atoms. The van der Waals surface area contributed by atoms with Gasteiger partial charge in [0.2, 0.25) is 5.91 Å². The Kier molecular flexibility index (Phi) is 4.66. The minimum absolute atomic E-state index is 0.185. The number of hydrogen-bond acceptors (Lipinski definition) is 5. The van der Waals surface area contributed by atoms with Crippen LogP contribution in [0, 0.1) is 10.1 Å². The molecular formula is C16H12BrN3O5. The number of fused-ring (bicyclic) bond motifs is 1. The van der Waals surface area contributed by atoms with Crippen LogP contribution in [0.15, 0.2) is 46.9 Å². The first-order chi connectivity index (χ1) is 11.9. The van der Waals surface area contributed by atoms with Crippen LogP contribution in [0.2, 0.25) is 0 Å².